The zero-order valence-electron chi connectivity index (χ0n) is 7.06. The third kappa shape index (κ3) is 5.25. The summed E-state index contributed by atoms with van der Waals surface area (Å²) in [7, 11) is 0. The SMILES string of the molecule is O=C(O)CNC(=O)[C@H](CS)NC(=O)O. The van der Waals surface area contributed by atoms with Gasteiger partial charge in [0.25, 0.3) is 0 Å². The molecular weight excluding hydrogens is 212 g/mol. The molecule has 4 N–H and O–H groups in total. The predicted molar refractivity (Wildman–Crippen MR) is 49.4 cm³/mol. The summed E-state index contributed by atoms with van der Waals surface area (Å²) < 4.78 is 0. The van der Waals surface area contributed by atoms with Gasteiger partial charge in [-0.1, -0.05) is 0 Å². The fourth-order valence-corrected chi connectivity index (χ4v) is 0.886. The Balaban J connectivity index is 4.04. The van der Waals surface area contributed by atoms with Crippen molar-refractivity contribution in [2.45, 2.75) is 6.04 Å². The summed E-state index contributed by atoms with van der Waals surface area (Å²) in [6.45, 7) is -0.551. The Morgan fingerprint density at radius 2 is 1.86 bits per heavy atom. The first kappa shape index (κ1) is 12.6. The summed E-state index contributed by atoms with van der Waals surface area (Å²) in [5.74, 6) is -1.96. The average molecular weight is 222 g/mol. The van der Waals surface area contributed by atoms with E-state index in [1.807, 2.05) is 10.6 Å². The van der Waals surface area contributed by atoms with Gasteiger partial charge in [-0.15, -0.1) is 0 Å². The van der Waals surface area contributed by atoms with E-state index in [-0.39, 0.29) is 5.75 Å². The molecule has 0 aromatic rings. The van der Waals surface area contributed by atoms with Gasteiger partial charge in [-0.3, -0.25) is 9.59 Å². The molecule has 2 amide bonds. The van der Waals surface area contributed by atoms with Crippen molar-refractivity contribution in [1.82, 2.24) is 10.6 Å². The largest absolute Gasteiger partial charge is 0.480 e. The Morgan fingerprint density at radius 1 is 1.29 bits per heavy atom. The van der Waals surface area contributed by atoms with Crippen LogP contribution in [0.15, 0.2) is 0 Å². The molecule has 0 heterocycles. The highest BCUT2D eigenvalue weighted by Crippen LogP contribution is 1.88. The predicted octanol–water partition coefficient (Wildman–Crippen LogP) is -1.25. The van der Waals surface area contributed by atoms with Gasteiger partial charge in [-0.25, -0.2) is 4.79 Å². The van der Waals surface area contributed by atoms with Gasteiger partial charge in [-0.05, 0) is 0 Å². The lowest BCUT2D eigenvalue weighted by atomic mass is 10.3. The summed E-state index contributed by atoms with van der Waals surface area (Å²) >= 11 is 3.74. The number of carbonyl (C=O) groups is 3. The highest BCUT2D eigenvalue weighted by atomic mass is 32.1. The second-order valence-electron chi connectivity index (χ2n) is 2.30. The third-order valence-corrected chi connectivity index (χ3v) is 1.58. The van der Waals surface area contributed by atoms with Crippen LogP contribution < -0.4 is 10.6 Å². The van der Waals surface area contributed by atoms with Crippen LogP contribution in [0.2, 0.25) is 0 Å². The Hall–Kier alpha value is -1.44. The standard InChI is InChI=1S/C6H10N2O5S/c9-4(10)1-7-5(11)3(2-14)8-6(12)13/h3,8,14H,1-2H2,(H,7,11)(H,9,10)(H,12,13)/t3-/m0/s1. The minimum atomic E-state index is -1.37. The van der Waals surface area contributed by atoms with Crippen molar-refractivity contribution >= 4 is 30.6 Å². The average Bonchev–Trinajstić information content (AvgIpc) is 2.09. The Bertz CT molecular complexity index is 244. The smallest absolute Gasteiger partial charge is 0.405 e. The van der Waals surface area contributed by atoms with Crippen LogP contribution in [0.4, 0.5) is 4.79 Å². The van der Waals surface area contributed by atoms with Crippen LogP contribution in [0.1, 0.15) is 0 Å². The molecule has 0 aromatic heterocycles. The molecule has 0 aromatic carbocycles. The second-order valence-corrected chi connectivity index (χ2v) is 2.66. The molecule has 0 fully saturated rings. The van der Waals surface area contributed by atoms with Gasteiger partial charge in [0, 0.05) is 5.75 Å². The number of nitrogens with one attached hydrogen (secondary N) is 2. The number of aliphatic carboxylic acids is 1. The minimum Gasteiger partial charge on any atom is -0.480 e. The number of hydrogen-bond acceptors (Lipinski definition) is 4. The molecule has 1 atom stereocenters. The van der Waals surface area contributed by atoms with Crippen molar-refractivity contribution < 1.29 is 24.6 Å². The van der Waals surface area contributed by atoms with Crippen LogP contribution in [-0.4, -0.2) is 46.5 Å². The molecule has 0 aliphatic heterocycles. The number of amides is 2. The maximum Gasteiger partial charge on any atom is 0.405 e. The number of thiol groups is 1. The van der Waals surface area contributed by atoms with E-state index >= 15 is 0 Å². The molecule has 0 radical (unpaired) electrons. The van der Waals surface area contributed by atoms with Gasteiger partial charge in [-0.2, -0.15) is 12.6 Å². The lowest BCUT2D eigenvalue weighted by molar-refractivity contribution is -0.138. The van der Waals surface area contributed by atoms with Crippen molar-refractivity contribution in [1.29, 1.82) is 0 Å². The molecule has 0 unspecified atom stereocenters. The van der Waals surface area contributed by atoms with Gasteiger partial charge >= 0.3 is 12.1 Å². The first-order valence-corrected chi connectivity index (χ1v) is 4.20. The molecule has 0 saturated carbocycles. The lowest BCUT2D eigenvalue weighted by Crippen LogP contribution is -2.48. The summed E-state index contributed by atoms with van der Waals surface area (Å²) in [6, 6.07) is -1.05. The first-order valence-electron chi connectivity index (χ1n) is 3.57. The van der Waals surface area contributed by atoms with Crippen molar-refractivity contribution in [2.24, 2.45) is 0 Å². The van der Waals surface area contributed by atoms with E-state index in [1.165, 1.54) is 0 Å². The van der Waals surface area contributed by atoms with E-state index in [0.717, 1.165) is 0 Å². The summed E-state index contributed by atoms with van der Waals surface area (Å²) in [4.78, 5) is 31.3. The first-order chi connectivity index (χ1) is 6.47. The molecule has 7 nitrogen and oxygen atoms in total. The molecule has 8 heteroatoms. The monoisotopic (exact) mass is 222 g/mol. The van der Waals surface area contributed by atoms with E-state index < -0.39 is 30.6 Å². The number of carboxylic acid groups (broad SMARTS) is 2. The van der Waals surface area contributed by atoms with E-state index in [9.17, 15) is 14.4 Å². The molecule has 0 rings (SSSR count). The van der Waals surface area contributed by atoms with E-state index in [0.29, 0.717) is 0 Å². The zero-order chi connectivity index (χ0) is 11.1. The molecule has 80 valence electrons. The minimum absolute atomic E-state index is 0.0439. The van der Waals surface area contributed by atoms with Gasteiger partial charge in [0.05, 0.1) is 0 Å². The molecule has 0 aliphatic rings. The van der Waals surface area contributed by atoms with Gasteiger partial charge in [0.2, 0.25) is 5.91 Å². The molecule has 0 spiro atoms. The second kappa shape index (κ2) is 6.08. The van der Waals surface area contributed by atoms with E-state index in [2.05, 4.69) is 12.6 Å². The zero-order valence-corrected chi connectivity index (χ0v) is 7.95. The maximum atomic E-state index is 11.1. The fourth-order valence-electron chi connectivity index (χ4n) is 0.629. The molecule has 0 bridgehead atoms. The van der Waals surface area contributed by atoms with Crippen molar-refractivity contribution in [3.8, 4) is 0 Å². The van der Waals surface area contributed by atoms with Crippen molar-refractivity contribution in [3.63, 3.8) is 0 Å². The van der Waals surface area contributed by atoms with Crippen LogP contribution in [-0.2, 0) is 9.59 Å². The molecule has 0 aliphatic carbocycles. The third-order valence-electron chi connectivity index (χ3n) is 1.21. The van der Waals surface area contributed by atoms with Crippen molar-refractivity contribution in [2.75, 3.05) is 12.3 Å². The van der Waals surface area contributed by atoms with Crippen LogP contribution in [0, 0.1) is 0 Å². The molecular formula is C6H10N2O5S. The summed E-state index contributed by atoms with van der Waals surface area (Å²) in [5, 5.41) is 20.4. The topological polar surface area (TPSA) is 116 Å². The summed E-state index contributed by atoms with van der Waals surface area (Å²) in [5.41, 5.74) is 0. The highest BCUT2D eigenvalue weighted by Gasteiger charge is 2.18. The Kier molecular flexibility index (Phi) is 5.46. The van der Waals surface area contributed by atoms with E-state index in [4.69, 9.17) is 10.2 Å². The number of carboxylic acids is 1. The number of hydrogen-bond donors (Lipinski definition) is 5. The lowest BCUT2D eigenvalue weighted by Gasteiger charge is -2.12. The number of carbonyl (C=O) groups excluding carboxylic acids is 1. The normalized spacial score (nSPS) is 11.5. The molecule has 0 saturated heterocycles. The van der Waals surface area contributed by atoms with Crippen LogP contribution in [0.3, 0.4) is 0 Å². The van der Waals surface area contributed by atoms with Gasteiger partial charge in [0.15, 0.2) is 0 Å². The maximum absolute atomic E-state index is 11.1. The van der Waals surface area contributed by atoms with Crippen LogP contribution >= 0.6 is 12.6 Å². The van der Waals surface area contributed by atoms with Gasteiger partial charge in [0.1, 0.15) is 12.6 Å². The van der Waals surface area contributed by atoms with Gasteiger partial charge < -0.3 is 20.8 Å². The van der Waals surface area contributed by atoms with Crippen LogP contribution in [0.25, 0.3) is 0 Å². The fraction of sp³-hybridized carbons (Fsp3) is 0.500. The number of rotatable bonds is 5. The Morgan fingerprint density at radius 3 is 2.21 bits per heavy atom. The molecule has 14 heavy (non-hydrogen) atoms. The van der Waals surface area contributed by atoms with Crippen LogP contribution in [0.5, 0.6) is 0 Å². The summed E-state index contributed by atoms with van der Waals surface area (Å²) in [6.07, 6.45) is -1.37. The van der Waals surface area contributed by atoms with E-state index in [1.54, 1.807) is 0 Å². The highest BCUT2D eigenvalue weighted by molar-refractivity contribution is 7.80. The Labute approximate surface area is 84.9 Å². The quantitative estimate of drug-likeness (QED) is 0.373. The van der Waals surface area contributed by atoms with Crippen molar-refractivity contribution in [3.05, 3.63) is 0 Å².